The highest BCUT2D eigenvalue weighted by Crippen LogP contribution is 2.33. The maximum Gasteiger partial charge on any atom is 0.240 e. The van der Waals surface area contributed by atoms with E-state index in [1.807, 2.05) is 7.05 Å². The summed E-state index contributed by atoms with van der Waals surface area (Å²) in [7, 11) is 1.89. The Morgan fingerprint density at radius 3 is 2.53 bits per heavy atom. The highest BCUT2D eigenvalue weighted by molar-refractivity contribution is 5.83. The van der Waals surface area contributed by atoms with Gasteiger partial charge in [0.1, 0.15) is 0 Å². The van der Waals surface area contributed by atoms with Gasteiger partial charge in [-0.05, 0) is 45.6 Å². The summed E-state index contributed by atoms with van der Waals surface area (Å²) in [6, 6.07) is -0.0293. The van der Waals surface area contributed by atoms with Gasteiger partial charge in [0.25, 0.3) is 0 Å². The summed E-state index contributed by atoms with van der Waals surface area (Å²) in [6.07, 6.45) is 3.01. The van der Waals surface area contributed by atoms with Crippen molar-refractivity contribution in [2.75, 3.05) is 13.6 Å². The molecule has 1 heterocycles. The third kappa shape index (κ3) is 3.21. The first-order valence-electron chi connectivity index (χ1n) is 6.72. The molecule has 0 bridgehead atoms. The second kappa shape index (κ2) is 4.97. The van der Waals surface area contributed by atoms with Gasteiger partial charge in [-0.25, -0.2) is 0 Å². The molecule has 3 nitrogen and oxygen atoms in total. The molecule has 0 spiro atoms. The largest absolute Gasteiger partial charge is 0.336 e. The van der Waals surface area contributed by atoms with E-state index in [1.54, 1.807) is 0 Å². The molecule has 17 heavy (non-hydrogen) atoms. The van der Waals surface area contributed by atoms with Gasteiger partial charge >= 0.3 is 0 Å². The summed E-state index contributed by atoms with van der Waals surface area (Å²) in [5.41, 5.74) is 0.203. The van der Waals surface area contributed by atoms with Gasteiger partial charge in [-0.3, -0.25) is 4.79 Å². The molecule has 0 aromatic carbocycles. The monoisotopic (exact) mass is 240 g/mol. The molecule has 1 aliphatic heterocycles. The molecular formula is C14H28N2O. The molecule has 0 aromatic heterocycles. The summed E-state index contributed by atoms with van der Waals surface area (Å²) >= 11 is 0. The van der Waals surface area contributed by atoms with Crippen LogP contribution >= 0.6 is 0 Å². The van der Waals surface area contributed by atoms with Crippen LogP contribution in [-0.2, 0) is 4.79 Å². The van der Waals surface area contributed by atoms with E-state index in [2.05, 4.69) is 44.8 Å². The molecular weight excluding hydrogens is 212 g/mol. The van der Waals surface area contributed by atoms with Gasteiger partial charge in [0, 0.05) is 12.1 Å². The lowest BCUT2D eigenvalue weighted by Gasteiger charge is -2.38. The Kier molecular flexibility index (Phi) is 4.23. The molecule has 1 saturated heterocycles. The first-order chi connectivity index (χ1) is 7.73. The minimum atomic E-state index is -0.0351. The number of hydrogen-bond acceptors (Lipinski definition) is 2. The molecule has 1 atom stereocenters. The number of hydrogen-bond donors (Lipinski definition) is 1. The first-order valence-corrected chi connectivity index (χ1v) is 6.72. The van der Waals surface area contributed by atoms with Crippen molar-refractivity contribution in [3.8, 4) is 0 Å². The SMILES string of the molecule is CCC(C)(C)N1CCC(C)(C)CC(NC)C1=O. The lowest BCUT2D eigenvalue weighted by Crippen LogP contribution is -2.53. The van der Waals surface area contributed by atoms with E-state index in [0.29, 0.717) is 0 Å². The highest BCUT2D eigenvalue weighted by Gasteiger charge is 2.39. The average molecular weight is 240 g/mol. The molecule has 1 N–H and O–H groups in total. The number of nitrogens with one attached hydrogen (secondary N) is 1. The summed E-state index contributed by atoms with van der Waals surface area (Å²) in [6.45, 7) is 11.9. The first kappa shape index (κ1) is 14.5. The molecule has 100 valence electrons. The van der Waals surface area contributed by atoms with Crippen molar-refractivity contribution in [3.05, 3.63) is 0 Å². The highest BCUT2D eigenvalue weighted by atomic mass is 16.2. The Morgan fingerprint density at radius 2 is 2.06 bits per heavy atom. The van der Waals surface area contributed by atoms with E-state index < -0.39 is 0 Å². The molecule has 0 saturated carbocycles. The summed E-state index contributed by atoms with van der Waals surface area (Å²) in [4.78, 5) is 14.6. The molecule has 1 amide bonds. The van der Waals surface area contributed by atoms with Crippen LogP contribution in [0.1, 0.15) is 53.9 Å². The number of carbonyl (C=O) groups is 1. The zero-order valence-corrected chi connectivity index (χ0v) is 12.3. The van der Waals surface area contributed by atoms with Crippen LogP contribution in [0.3, 0.4) is 0 Å². The fourth-order valence-corrected chi connectivity index (χ4v) is 2.47. The molecule has 0 aromatic rings. The van der Waals surface area contributed by atoms with Crippen LogP contribution in [0, 0.1) is 5.41 Å². The Morgan fingerprint density at radius 1 is 1.47 bits per heavy atom. The van der Waals surface area contributed by atoms with Gasteiger partial charge in [-0.2, -0.15) is 0 Å². The minimum Gasteiger partial charge on any atom is -0.336 e. The van der Waals surface area contributed by atoms with E-state index in [-0.39, 0.29) is 22.9 Å². The molecule has 1 unspecified atom stereocenters. The maximum absolute atomic E-state index is 12.5. The standard InChI is InChI=1S/C14H28N2O/c1-7-14(4,5)16-9-8-13(2,3)10-11(15-6)12(16)17/h11,15H,7-10H2,1-6H3. The number of likely N-dealkylation sites (tertiary alicyclic amines) is 1. The number of rotatable bonds is 3. The number of carbonyl (C=O) groups excluding carboxylic acids is 1. The predicted molar refractivity (Wildman–Crippen MR) is 71.9 cm³/mol. The van der Waals surface area contributed by atoms with Gasteiger partial charge in [0.05, 0.1) is 6.04 Å². The van der Waals surface area contributed by atoms with Crippen LogP contribution in [-0.4, -0.2) is 36.0 Å². The second-order valence-corrected chi connectivity index (χ2v) is 6.62. The Balaban J connectivity index is 2.97. The van der Waals surface area contributed by atoms with Crippen molar-refractivity contribution >= 4 is 5.91 Å². The van der Waals surface area contributed by atoms with Crippen LogP contribution in [0.4, 0.5) is 0 Å². The smallest absolute Gasteiger partial charge is 0.240 e. The van der Waals surface area contributed by atoms with Crippen LogP contribution in [0.5, 0.6) is 0 Å². The van der Waals surface area contributed by atoms with Gasteiger partial charge in [0.2, 0.25) is 5.91 Å². The Bertz CT molecular complexity index is 284. The zero-order chi connectivity index (χ0) is 13.3. The van der Waals surface area contributed by atoms with Gasteiger partial charge in [-0.1, -0.05) is 20.8 Å². The van der Waals surface area contributed by atoms with E-state index in [0.717, 1.165) is 25.8 Å². The van der Waals surface area contributed by atoms with E-state index in [1.165, 1.54) is 0 Å². The molecule has 1 aliphatic rings. The van der Waals surface area contributed by atoms with Gasteiger partial charge in [0.15, 0.2) is 0 Å². The predicted octanol–water partition coefficient (Wildman–Crippen LogP) is 2.41. The van der Waals surface area contributed by atoms with Crippen LogP contribution < -0.4 is 5.32 Å². The lowest BCUT2D eigenvalue weighted by atomic mass is 9.83. The number of nitrogens with zero attached hydrogens (tertiary/aromatic N) is 1. The summed E-state index contributed by atoms with van der Waals surface area (Å²) in [5, 5.41) is 3.18. The van der Waals surface area contributed by atoms with Crippen molar-refractivity contribution in [3.63, 3.8) is 0 Å². The third-order valence-electron chi connectivity index (χ3n) is 4.28. The van der Waals surface area contributed by atoms with Crippen LogP contribution in [0.2, 0.25) is 0 Å². The van der Waals surface area contributed by atoms with Crippen LogP contribution in [0.15, 0.2) is 0 Å². The molecule has 1 rings (SSSR count). The van der Waals surface area contributed by atoms with Gasteiger partial charge < -0.3 is 10.2 Å². The zero-order valence-electron chi connectivity index (χ0n) is 12.3. The van der Waals surface area contributed by atoms with Crippen LogP contribution in [0.25, 0.3) is 0 Å². The normalized spacial score (nSPS) is 25.9. The molecule has 0 radical (unpaired) electrons. The lowest BCUT2D eigenvalue weighted by molar-refractivity contribution is -0.138. The minimum absolute atomic E-state index is 0.0293. The molecule has 3 heteroatoms. The molecule has 1 fully saturated rings. The average Bonchev–Trinajstić information content (AvgIpc) is 2.36. The Labute approximate surface area is 106 Å². The topological polar surface area (TPSA) is 32.3 Å². The second-order valence-electron chi connectivity index (χ2n) is 6.62. The summed E-state index contributed by atoms with van der Waals surface area (Å²) in [5.74, 6) is 0.268. The van der Waals surface area contributed by atoms with Crippen molar-refractivity contribution in [2.24, 2.45) is 5.41 Å². The fraction of sp³-hybridized carbons (Fsp3) is 0.929. The Hall–Kier alpha value is -0.570. The van der Waals surface area contributed by atoms with E-state index in [9.17, 15) is 4.79 Å². The maximum atomic E-state index is 12.5. The number of amides is 1. The summed E-state index contributed by atoms with van der Waals surface area (Å²) < 4.78 is 0. The van der Waals surface area contributed by atoms with Crippen molar-refractivity contribution in [1.29, 1.82) is 0 Å². The third-order valence-corrected chi connectivity index (χ3v) is 4.28. The van der Waals surface area contributed by atoms with E-state index in [4.69, 9.17) is 0 Å². The van der Waals surface area contributed by atoms with Crippen molar-refractivity contribution in [1.82, 2.24) is 10.2 Å². The quantitative estimate of drug-likeness (QED) is 0.821. The van der Waals surface area contributed by atoms with Crippen molar-refractivity contribution in [2.45, 2.75) is 65.5 Å². The molecule has 0 aliphatic carbocycles. The van der Waals surface area contributed by atoms with Crippen molar-refractivity contribution < 1.29 is 4.79 Å². The number of likely N-dealkylation sites (N-methyl/N-ethyl adjacent to an activating group) is 1. The fourth-order valence-electron chi connectivity index (χ4n) is 2.47. The van der Waals surface area contributed by atoms with Gasteiger partial charge in [-0.15, -0.1) is 0 Å². The van der Waals surface area contributed by atoms with E-state index >= 15 is 0 Å².